The van der Waals surface area contributed by atoms with Gasteiger partial charge in [-0.1, -0.05) is 0 Å². The van der Waals surface area contributed by atoms with E-state index in [1.54, 1.807) is 25.1 Å². The van der Waals surface area contributed by atoms with E-state index in [0.29, 0.717) is 0 Å². The van der Waals surface area contributed by atoms with E-state index in [2.05, 4.69) is 5.32 Å². The number of nitrogens with one attached hydrogen (secondary N) is 1. The van der Waals surface area contributed by atoms with Crippen LogP contribution in [-0.4, -0.2) is 0 Å². The lowest BCUT2D eigenvalue weighted by Crippen LogP contribution is -1.83. The minimum atomic E-state index is 0.923. The summed E-state index contributed by atoms with van der Waals surface area (Å²) in [4.78, 5) is 0. The van der Waals surface area contributed by atoms with Crippen molar-refractivity contribution in [3.63, 3.8) is 0 Å². The third-order valence-electron chi connectivity index (χ3n) is 1.33. The summed E-state index contributed by atoms with van der Waals surface area (Å²) in [5.41, 5.74) is 1.85. The molecule has 0 aliphatic carbocycles. The van der Waals surface area contributed by atoms with Gasteiger partial charge in [-0.05, 0) is 12.1 Å². The zero-order valence-corrected chi connectivity index (χ0v) is 5.78. The Morgan fingerprint density at radius 2 is 1.45 bits per heavy atom. The first-order chi connectivity index (χ1) is 5.45. The van der Waals surface area contributed by atoms with E-state index in [9.17, 15) is 0 Å². The molecule has 0 saturated carbocycles. The van der Waals surface area contributed by atoms with E-state index < -0.39 is 0 Å². The van der Waals surface area contributed by atoms with Gasteiger partial charge < -0.3 is 14.2 Å². The highest BCUT2D eigenvalue weighted by Crippen LogP contribution is 2.16. The van der Waals surface area contributed by atoms with Crippen LogP contribution in [0.25, 0.3) is 0 Å². The molecule has 0 atom stereocenters. The molecule has 56 valence electrons. The van der Waals surface area contributed by atoms with Crippen molar-refractivity contribution in [3.05, 3.63) is 37.2 Å². The molecule has 0 fully saturated rings. The number of furan rings is 2. The summed E-state index contributed by atoms with van der Waals surface area (Å²) < 4.78 is 9.74. The average molecular weight is 149 g/mol. The molecule has 3 nitrogen and oxygen atoms in total. The Morgan fingerprint density at radius 1 is 0.909 bits per heavy atom. The van der Waals surface area contributed by atoms with Crippen molar-refractivity contribution in [2.24, 2.45) is 0 Å². The van der Waals surface area contributed by atoms with Crippen molar-refractivity contribution < 1.29 is 8.83 Å². The van der Waals surface area contributed by atoms with Crippen LogP contribution in [0, 0.1) is 0 Å². The van der Waals surface area contributed by atoms with Gasteiger partial charge in [0.2, 0.25) is 0 Å². The highest BCUT2D eigenvalue weighted by atomic mass is 16.3. The maximum atomic E-state index is 4.87. The fourth-order valence-corrected chi connectivity index (χ4v) is 0.838. The summed E-state index contributed by atoms with van der Waals surface area (Å²) in [5, 5.41) is 3.08. The van der Waals surface area contributed by atoms with Gasteiger partial charge in [0.15, 0.2) is 0 Å². The first-order valence-corrected chi connectivity index (χ1v) is 3.26. The Balaban J connectivity index is 2.14. The van der Waals surface area contributed by atoms with E-state index in [1.165, 1.54) is 0 Å². The van der Waals surface area contributed by atoms with Crippen molar-refractivity contribution in [1.29, 1.82) is 0 Å². The molecule has 0 unspecified atom stereocenters. The number of anilines is 2. The normalized spacial score (nSPS) is 9.82. The molecule has 0 aliphatic heterocycles. The van der Waals surface area contributed by atoms with Crippen LogP contribution in [0.1, 0.15) is 0 Å². The van der Waals surface area contributed by atoms with Crippen LogP contribution < -0.4 is 5.32 Å². The number of rotatable bonds is 2. The Hall–Kier alpha value is -1.64. The summed E-state index contributed by atoms with van der Waals surface area (Å²) in [5.74, 6) is 0. The van der Waals surface area contributed by atoms with Gasteiger partial charge in [-0.25, -0.2) is 0 Å². The van der Waals surface area contributed by atoms with E-state index >= 15 is 0 Å². The second-order valence-corrected chi connectivity index (χ2v) is 2.15. The Kier molecular flexibility index (Phi) is 1.41. The molecule has 2 rings (SSSR count). The van der Waals surface area contributed by atoms with Crippen molar-refractivity contribution in [1.82, 2.24) is 0 Å². The second-order valence-electron chi connectivity index (χ2n) is 2.15. The smallest absolute Gasteiger partial charge is 0.114 e. The molecule has 3 heteroatoms. The Labute approximate surface area is 63.6 Å². The molecule has 0 saturated heterocycles. The molecule has 0 amide bonds. The van der Waals surface area contributed by atoms with Crippen molar-refractivity contribution >= 4 is 11.4 Å². The van der Waals surface area contributed by atoms with Crippen molar-refractivity contribution in [3.8, 4) is 0 Å². The van der Waals surface area contributed by atoms with E-state index in [-0.39, 0.29) is 0 Å². The largest absolute Gasteiger partial charge is 0.470 e. The molecule has 1 N–H and O–H groups in total. The average Bonchev–Trinajstić information content (AvgIpc) is 2.60. The van der Waals surface area contributed by atoms with Crippen LogP contribution >= 0.6 is 0 Å². The molecule has 0 aromatic carbocycles. The van der Waals surface area contributed by atoms with Crippen LogP contribution in [0.4, 0.5) is 11.4 Å². The van der Waals surface area contributed by atoms with Gasteiger partial charge in [0.1, 0.15) is 12.5 Å². The van der Waals surface area contributed by atoms with Gasteiger partial charge >= 0.3 is 0 Å². The molecule has 0 bridgehead atoms. The third kappa shape index (κ3) is 1.26. The fraction of sp³-hybridized carbons (Fsp3) is 0. The van der Waals surface area contributed by atoms with E-state index in [0.717, 1.165) is 11.4 Å². The predicted octanol–water partition coefficient (Wildman–Crippen LogP) is 2.62. The topological polar surface area (TPSA) is 38.3 Å². The molecule has 0 spiro atoms. The SMILES string of the molecule is c1cc(Nc2ccoc2)co1. The van der Waals surface area contributed by atoms with Gasteiger partial charge in [-0.3, -0.25) is 0 Å². The van der Waals surface area contributed by atoms with Crippen LogP contribution in [0.15, 0.2) is 46.0 Å². The highest BCUT2D eigenvalue weighted by molar-refractivity contribution is 5.56. The number of hydrogen-bond donors (Lipinski definition) is 1. The first kappa shape index (κ1) is 6.09. The molecular formula is C8H7NO2. The van der Waals surface area contributed by atoms with Crippen LogP contribution in [0.3, 0.4) is 0 Å². The maximum Gasteiger partial charge on any atom is 0.114 e. The monoisotopic (exact) mass is 149 g/mol. The van der Waals surface area contributed by atoms with Crippen LogP contribution in [0.2, 0.25) is 0 Å². The summed E-state index contributed by atoms with van der Waals surface area (Å²) in [6.07, 6.45) is 6.49. The minimum Gasteiger partial charge on any atom is -0.470 e. The lowest BCUT2D eigenvalue weighted by atomic mass is 10.4. The zero-order valence-electron chi connectivity index (χ0n) is 5.78. The lowest BCUT2D eigenvalue weighted by molar-refractivity contribution is 0.567. The summed E-state index contributed by atoms with van der Waals surface area (Å²) in [6.45, 7) is 0. The van der Waals surface area contributed by atoms with Gasteiger partial charge in [0.05, 0.1) is 23.9 Å². The highest BCUT2D eigenvalue weighted by Gasteiger charge is 1.94. The minimum absolute atomic E-state index is 0.923. The summed E-state index contributed by atoms with van der Waals surface area (Å²) in [7, 11) is 0. The molecule has 2 heterocycles. The number of hydrogen-bond acceptors (Lipinski definition) is 3. The molecule has 0 aliphatic rings. The quantitative estimate of drug-likeness (QED) is 0.713. The maximum absolute atomic E-state index is 4.87. The van der Waals surface area contributed by atoms with Gasteiger partial charge in [-0.15, -0.1) is 0 Å². The molecule has 11 heavy (non-hydrogen) atoms. The first-order valence-electron chi connectivity index (χ1n) is 3.26. The summed E-state index contributed by atoms with van der Waals surface area (Å²) in [6, 6.07) is 3.68. The van der Waals surface area contributed by atoms with E-state index in [4.69, 9.17) is 8.83 Å². The standard InChI is InChI=1S/C8H7NO2/c1-3-10-5-7(1)9-8-2-4-11-6-8/h1-6,9H. The molecular weight excluding hydrogens is 142 g/mol. The fourth-order valence-electron chi connectivity index (χ4n) is 0.838. The van der Waals surface area contributed by atoms with Crippen molar-refractivity contribution in [2.75, 3.05) is 5.32 Å². The van der Waals surface area contributed by atoms with Gasteiger partial charge in [0, 0.05) is 0 Å². The van der Waals surface area contributed by atoms with Gasteiger partial charge in [-0.2, -0.15) is 0 Å². The second kappa shape index (κ2) is 2.54. The predicted molar refractivity (Wildman–Crippen MR) is 40.7 cm³/mol. The molecule has 2 aromatic rings. The molecule has 2 aromatic heterocycles. The summed E-state index contributed by atoms with van der Waals surface area (Å²) >= 11 is 0. The Bertz CT molecular complexity index is 264. The molecule has 0 radical (unpaired) electrons. The van der Waals surface area contributed by atoms with Crippen LogP contribution in [-0.2, 0) is 0 Å². The lowest BCUT2D eigenvalue weighted by Gasteiger charge is -1.94. The zero-order chi connectivity index (χ0) is 7.52. The van der Waals surface area contributed by atoms with E-state index in [1.807, 2.05) is 12.1 Å². The van der Waals surface area contributed by atoms with Gasteiger partial charge in [0.25, 0.3) is 0 Å². The van der Waals surface area contributed by atoms with Crippen molar-refractivity contribution in [2.45, 2.75) is 0 Å². The third-order valence-corrected chi connectivity index (χ3v) is 1.33. The van der Waals surface area contributed by atoms with Crippen LogP contribution in [0.5, 0.6) is 0 Å². The Morgan fingerprint density at radius 3 is 1.82 bits per heavy atom.